The maximum atomic E-state index is 5.49. The molecule has 0 saturated heterocycles. The molecule has 2 nitrogen and oxygen atoms in total. The van der Waals surface area contributed by atoms with E-state index in [0.29, 0.717) is 0 Å². The van der Waals surface area contributed by atoms with Crippen molar-refractivity contribution in [3.05, 3.63) is 58.1 Å². The number of hydrogen-bond acceptors (Lipinski definition) is 1. The molecule has 0 bridgehead atoms. The second-order valence-corrected chi connectivity index (χ2v) is 5.15. The fraction of sp³-hybridized carbons (Fsp3) is 0.0667. The molecule has 3 rings (SSSR count). The van der Waals surface area contributed by atoms with Gasteiger partial charge in [0.05, 0.1) is 0 Å². The number of halogens is 1. The van der Waals surface area contributed by atoms with Gasteiger partial charge in [0.1, 0.15) is 11.5 Å². The fourth-order valence-corrected chi connectivity index (χ4v) is 2.29. The van der Waals surface area contributed by atoms with E-state index < -0.39 is 0 Å². The molecule has 0 saturated carbocycles. The van der Waals surface area contributed by atoms with Gasteiger partial charge in [-0.2, -0.15) is 0 Å². The first-order valence-corrected chi connectivity index (χ1v) is 6.53. The Morgan fingerprint density at radius 2 is 2.00 bits per heavy atom. The summed E-state index contributed by atoms with van der Waals surface area (Å²) in [6.45, 7) is 1.94. The molecule has 2 aromatic heterocycles. The van der Waals surface area contributed by atoms with Crippen LogP contribution in [-0.2, 0) is 0 Å². The van der Waals surface area contributed by atoms with E-state index in [-0.39, 0.29) is 0 Å². The lowest BCUT2D eigenvalue weighted by Gasteiger charge is -1.89. The molecule has 90 valence electrons. The zero-order valence-electron chi connectivity index (χ0n) is 9.91. The number of furan rings is 1. The Bertz CT molecular complexity index is 721. The predicted molar refractivity (Wildman–Crippen MR) is 78.4 cm³/mol. The minimum Gasteiger partial charge on any atom is -0.462 e. The summed E-state index contributed by atoms with van der Waals surface area (Å²) in [7, 11) is 0. The average Bonchev–Trinajstić information content (AvgIpc) is 2.92. The zero-order chi connectivity index (χ0) is 12.5. The summed E-state index contributed by atoms with van der Waals surface area (Å²) >= 11 is 3.47. The lowest BCUT2D eigenvalue weighted by atomic mass is 10.2. The van der Waals surface area contributed by atoms with E-state index >= 15 is 0 Å². The number of rotatable bonds is 2. The third kappa shape index (κ3) is 2.27. The molecule has 1 N–H and O–H groups in total. The summed E-state index contributed by atoms with van der Waals surface area (Å²) in [4.78, 5) is 3.35. The van der Waals surface area contributed by atoms with E-state index in [1.807, 2.05) is 37.3 Å². The van der Waals surface area contributed by atoms with Crippen molar-refractivity contribution >= 4 is 39.0 Å². The van der Waals surface area contributed by atoms with E-state index in [1.165, 1.54) is 5.39 Å². The Labute approximate surface area is 113 Å². The molecule has 1 aromatic carbocycles. The van der Waals surface area contributed by atoms with Crippen molar-refractivity contribution in [1.29, 1.82) is 0 Å². The number of aromatic nitrogens is 1. The first-order valence-electron chi connectivity index (χ1n) is 5.73. The van der Waals surface area contributed by atoms with Crippen LogP contribution in [0.15, 0.2) is 45.3 Å². The Kier molecular flexibility index (Phi) is 2.84. The van der Waals surface area contributed by atoms with Crippen molar-refractivity contribution in [2.75, 3.05) is 0 Å². The molecule has 0 fully saturated rings. The van der Waals surface area contributed by atoms with Crippen LogP contribution in [0.25, 0.3) is 23.1 Å². The van der Waals surface area contributed by atoms with E-state index in [0.717, 1.165) is 27.2 Å². The van der Waals surface area contributed by atoms with Gasteiger partial charge in [-0.3, -0.25) is 0 Å². The lowest BCUT2D eigenvalue weighted by molar-refractivity contribution is 0.525. The number of hydrogen-bond donors (Lipinski definition) is 1. The second kappa shape index (κ2) is 4.50. The average molecular weight is 302 g/mol. The molecule has 0 unspecified atom stereocenters. The van der Waals surface area contributed by atoms with Crippen LogP contribution in [0.5, 0.6) is 0 Å². The molecule has 0 spiro atoms. The SMILES string of the molecule is Cc1ccc(/C=C/c2cc3ccc(Br)cc3[nH]2)o1. The minimum atomic E-state index is 0.868. The summed E-state index contributed by atoms with van der Waals surface area (Å²) in [5, 5.41) is 1.20. The van der Waals surface area contributed by atoms with Crippen LogP contribution in [0.2, 0.25) is 0 Å². The largest absolute Gasteiger partial charge is 0.462 e. The first kappa shape index (κ1) is 11.4. The van der Waals surface area contributed by atoms with Crippen molar-refractivity contribution in [2.45, 2.75) is 6.92 Å². The van der Waals surface area contributed by atoms with Crippen LogP contribution in [0, 0.1) is 6.92 Å². The molecule has 3 aromatic rings. The van der Waals surface area contributed by atoms with Gasteiger partial charge in [0, 0.05) is 21.1 Å². The Morgan fingerprint density at radius 3 is 2.78 bits per heavy atom. The topological polar surface area (TPSA) is 28.9 Å². The van der Waals surface area contributed by atoms with Crippen LogP contribution in [0.1, 0.15) is 17.2 Å². The smallest absolute Gasteiger partial charge is 0.127 e. The van der Waals surface area contributed by atoms with Gasteiger partial charge in [0.25, 0.3) is 0 Å². The number of H-pyrrole nitrogens is 1. The third-order valence-corrected chi connectivity index (χ3v) is 3.29. The highest BCUT2D eigenvalue weighted by Crippen LogP contribution is 2.21. The van der Waals surface area contributed by atoms with Gasteiger partial charge in [-0.25, -0.2) is 0 Å². The van der Waals surface area contributed by atoms with E-state index in [4.69, 9.17) is 4.42 Å². The van der Waals surface area contributed by atoms with Gasteiger partial charge < -0.3 is 9.40 Å². The van der Waals surface area contributed by atoms with Gasteiger partial charge >= 0.3 is 0 Å². The van der Waals surface area contributed by atoms with E-state index in [1.54, 1.807) is 0 Å². The molecular formula is C15H12BrNO. The number of fused-ring (bicyclic) bond motifs is 1. The normalized spacial score (nSPS) is 11.7. The summed E-state index contributed by atoms with van der Waals surface area (Å²) in [6, 6.07) is 12.2. The van der Waals surface area contributed by atoms with Gasteiger partial charge in [-0.1, -0.05) is 22.0 Å². The van der Waals surface area contributed by atoms with Gasteiger partial charge in [0.15, 0.2) is 0 Å². The van der Waals surface area contributed by atoms with Crippen LogP contribution in [0.3, 0.4) is 0 Å². The van der Waals surface area contributed by atoms with E-state index in [2.05, 4.69) is 39.1 Å². The minimum absolute atomic E-state index is 0.868. The molecule has 0 radical (unpaired) electrons. The highest BCUT2D eigenvalue weighted by Gasteiger charge is 1.99. The Hall–Kier alpha value is -1.74. The summed E-state index contributed by atoms with van der Waals surface area (Å²) in [5.74, 6) is 1.79. The number of aromatic amines is 1. The molecule has 0 atom stereocenters. The molecule has 3 heteroatoms. The predicted octanol–water partition coefficient (Wildman–Crippen LogP) is 5.00. The molecule has 0 amide bonds. The number of benzene rings is 1. The highest BCUT2D eigenvalue weighted by molar-refractivity contribution is 9.10. The Balaban J connectivity index is 1.93. The summed E-state index contributed by atoms with van der Waals surface area (Å²) in [6.07, 6.45) is 3.99. The van der Waals surface area contributed by atoms with Crippen molar-refractivity contribution in [2.24, 2.45) is 0 Å². The van der Waals surface area contributed by atoms with Crippen molar-refractivity contribution in [3.8, 4) is 0 Å². The van der Waals surface area contributed by atoms with Crippen molar-refractivity contribution < 1.29 is 4.42 Å². The second-order valence-electron chi connectivity index (χ2n) is 4.24. The fourth-order valence-electron chi connectivity index (χ4n) is 1.93. The summed E-state index contributed by atoms with van der Waals surface area (Å²) in [5.41, 5.74) is 2.19. The number of nitrogens with one attached hydrogen (secondary N) is 1. The monoisotopic (exact) mass is 301 g/mol. The molecular weight excluding hydrogens is 290 g/mol. The Morgan fingerprint density at radius 1 is 1.11 bits per heavy atom. The molecule has 0 aliphatic carbocycles. The van der Waals surface area contributed by atoms with Crippen LogP contribution in [-0.4, -0.2) is 4.98 Å². The quantitative estimate of drug-likeness (QED) is 0.709. The maximum absolute atomic E-state index is 5.49. The standard InChI is InChI=1S/C15H12BrNO/c1-10-2-6-14(18-10)7-5-13-8-11-3-4-12(16)9-15(11)17-13/h2-9,17H,1H3/b7-5+. The third-order valence-electron chi connectivity index (χ3n) is 2.79. The van der Waals surface area contributed by atoms with Crippen LogP contribution >= 0.6 is 15.9 Å². The van der Waals surface area contributed by atoms with Crippen molar-refractivity contribution in [1.82, 2.24) is 4.98 Å². The highest BCUT2D eigenvalue weighted by atomic mass is 79.9. The van der Waals surface area contributed by atoms with Crippen molar-refractivity contribution in [3.63, 3.8) is 0 Å². The molecule has 2 heterocycles. The van der Waals surface area contributed by atoms with Crippen LogP contribution < -0.4 is 0 Å². The maximum Gasteiger partial charge on any atom is 0.127 e. The van der Waals surface area contributed by atoms with Gasteiger partial charge in [-0.15, -0.1) is 0 Å². The van der Waals surface area contributed by atoms with Gasteiger partial charge in [-0.05, 0) is 49.4 Å². The molecule has 0 aliphatic heterocycles. The lowest BCUT2D eigenvalue weighted by Crippen LogP contribution is -1.70. The number of aryl methyl sites for hydroxylation is 1. The van der Waals surface area contributed by atoms with Gasteiger partial charge in [0.2, 0.25) is 0 Å². The van der Waals surface area contributed by atoms with E-state index in [9.17, 15) is 0 Å². The first-order chi connectivity index (χ1) is 8.70. The molecule has 0 aliphatic rings. The molecule has 18 heavy (non-hydrogen) atoms. The summed E-state index contributed by atoms with van der Waals surface area (Å²) < 4.78 is 6.57. The van der Waals surface area contributed by atoms with Crippen LogP contribution in [0.4, 0.5) is 0 Å². The zero-order valence-corrected chi connectivity index (χ0v) is 11.5.